The highest BCUT2D eigenvalue weighted by Gasteiger charge is 2.13. The molecule has 0 aromatic heterocycles. The molecule has 2 aromatic rings. The van der Waals surface area contributed by atoms with Gasteiger partial charge in [0.1, 0.15) is 5.75 Å². The maximum absolute atomic E-state index is 11.4. The summed E-state index contributed by atoms with van der Waals surface area (Å²) < 4.78 is 25.1. The smallest absolute Gasteiger partial charge is 0.303 e. The quantitative estimate of drug-likeness (QED) is 0.233. The Hall–Kier alpha value is -2.78. The van der Waals surface area contributed by atoms with E-state index in [0.29, 0.717) is 12.0 Å². The minimum Gasteiger partial charge on any atom is -0.506 e. The largest absolute Gasteiger partial charge is 0.506 e. The number of rotatable bonds is 13. The number of nitrogens with one attached hydrogen (secondary N) is 2. The molecule has 0 spiro atoms. The van der Waals surface area contributed by atoms with Gasteiger partial charge in [-0.25, -0.2) is 8.42 Å². The van der Waals surface area contributed by atoms with Crippen LogP contribution in [-0.2, 0) is 21.2 Å². The van der Waals surface area contributed by atoms with Crippen LogP contribution in [0.2, 0.25) is 0 Å². The summed E-state index contributed by atoms with van der Waals surface area (Å²) in [6.07, 6.45) is 4.58. The zero-order chi connectivity index (χ0) is 22.9. The number of carbonyl (C=O) groups is 1. The third-order valence-electron chi connectivity index (χ3n) is 4.79. The van der Waals surface area contributed by atoms with Crippen molar-refractivity contribution in [3.63, 3.8) is 0 Å². The number of unbranched alkanes of at least 4 members (excludes halogenated alkanes) is 3. The molecule has 0 bridgehead atoms. The number of aromatic hydroxyl groups is 1. The van der Waals surface area contributed by atoms with Crippen LogP contribution in [0.25, 0.3) is 0 Å². The molecule has 9 heteroatoms. The fraction of sp³-hybridized carbons (Fsp3) is 0.409. The first-order valence-corrected chi connectivity index (χ1v) is 12.1. The number of carboxylic acid groups (broad SMARTS) is 1. The summed E-state index contributed by atoms with van der Waals surface area (Å²) in [4.78, 5) is 10.6. The van der Waals surface area contributed by atoms with Gasteiger partial charge in [-0.3, -0.25) is 9.52 Å². The first-order chi connectivity index (χ1) is 14.7. The van der Waals surface area contributed by atoms with Crippen LogP contribution in [-0.4, -0.2) is 42.5 Å². The normalized spacial score (nSPS) is 12.3. The highest BCUT2D eigenvalue weighted by molar-refractivity contribution is 7.92. The molecule has 0 aliphatic heterocycles. The average molecular weight is 451 g/mol. The third-order valence-corrected chi connectivity index (χ3v) is 5.38. The molecule has 2 rings (SSSR count). The number of sulfonamides is 1. The second-order valence-electron chi connectivity index (χ2n) is 7.51. The summed E-state index contributed by atoms with van der Waals surface area (Å²) in [5.74, 6) is -0.982. The van der Waals surface area contributed by atoms with Crippen molar-refractivity contribution < 1.29 is 28.5 Å². The Bertz CT molecular complexity index is 978. The Morgan fingerprint density at radius 2 is 1.74 bits per heavy atom. The van der Waals surface area contributed by atoms with Gasteiger partial charge < -0.3 is 20.6 Å². The Morgan fingerprint density at radius 3 is 2.45 bits per heavy atom. The monoisotopic (exact) mass is 450 g/mol. The molecule has 0 heterocycles. The molecule has 31 heavy (non-hydrogen) atoms. The van der Waals surface area contributed by atoms with E-state index in [9.17, 15) is 23.4 Å². The van der Waals surface area contributed by atoms with E-state index in [2.05, 4.69) is 10.0 Å². The van der Waals surface area contributed by atoms with Gasteiger partial charge in [-0.2, -0.15) is 0 Å². The van der Waals surface area contributed by atoms with Crippen LogP contribution in [0.5, 0.6) is 5.75 Å². The van der Waals surface area contributed by atoms with Crippen molar-refractivity contribution in [2.75, 3.05) is 22.8 Å². The highest BCUT2D eigenvalue weighted by Crippen LogP contribution is 2.28. The van der Waals surface area contributed by atoms with E-state index < -0.39 is 22.1 Å². The summed E-state index contributed by atoms with van der Waals surface area (Å²) in [7, 11) is -3.56. The van der Waals surface area contributed by atoms with Crippen molar-refractivity contribution in [2.45, 2.75) is 44.6 Å². The lowest BCUT2D eigenvalue weighted by Crippen LogP contribution is -2.14. The number of benzene rings is 2. The zero-order valence-electron chi connectivity index (χ0n) is 17.5. The van der Waals surface area contributed by atoms with E-state index in [4.69, 9.17) is 5.11 Å². The fourth-order valence-corrected chi connectivity index (χ4v) is 3.79. The summed E-state index contributed by atoms with van der Waals surface area (Å²) in [6.45, 7) is 0.207. The number of carboxylic acids is 1. The molecule has 0 fully saturated rings. The van der Waals surface area contributed by atoms with Gasteiger partial charge in [-0.15, -0.1) is 0 Å². The van der Waals surface area contributed by atoms with Gasteiger partial charge in [0.05, 0.1) is 18.0 Å². The van der Waals surface area contributed by atoms with Crippen molar-refractivity contribution in [3.8, 4) is 5.75 Å². The zero-order valence-corrected chi connectivity index (χ0v) is 18.4. The van der Waals surface area contributed by atoms with Crippen LogP contribution in [0.4, 0.5) is 11.4 Å². The molecular weight excluding hydrogens is 420 g/mol. The lowest BCUT2D eigenvalue weighted by Gasteiger charge is -2.17. The minimum absolute atomic E-state index is 0.0161. The molecule has 0 saturated heterocycles. The summed E-state index contributed by atoms with van der Waals surface area (Å²) >= 11 is 0. The molecule has 0 aliphatic carbocycles. The Balaban J connectivity index is 1.93. The first kappa shape index (κ1) is 24.5. The number of anilines is 2. The first-order valence-electron chi connectivity index (χ1n) is 10.2. The SMILES string of the molecule is CS(=O)(=O)Nc1cc(C(O)CNc2ccccc2CCCCCCC(=O)O)ccc1O. The van der Waals surface area contributed by atoms with Crippen molar-refractivity contribution in [1.82, 2.24) is 0 Å². The molecule has 1 unspecified atom stereocenters. The number of aliphatic carboxylic acids is 1. The Labute approximate surface area is 183 Å². The number of aliphatic hydroxyl groups excluding tert-OH is 1. The number of para-hydroxylation sites is 1. The van der Waals surface area contributed by atoms with E-state index in [1.807, 2.05) is 24.3 Å². The van der Waals surface area contributed by atoms with Crippen LogP contribution in [0, 0.1) is 0 Å². The van der Waals surface area contributed by atoms with Gasteiger partial charge in [0.25, 0.3) is 0 Å². The number of aliphatic hydroxyl groups is 1. The third kappa shape index (κ3) is 8.85. The van der Waals surface area contributed by atoms with Gasteiger partial charge >= 0.3 is 5.97 Å². The van der Waals surface area contributed by atoms with Crippen LogP contribution in [0.3, 0.4) is 0 Å². The molecule has 0 radical (unpaired) electrons. The van der Waals surface area contributed by atoms with E-state index in [1.165, 1.54) is 18.2 Å². The molecule has 170 valence electrons. The van der Waals surface area contributed by atoms with Gasteiger partial charge in [0.15, 0.2) is 0 Å². The molecule has 2 aromatic carbocycles. The van der Waals surface area contributed by atoms with Crippen LogP contribution >= 0.6 is 0 Å². The van der Waals surface area contributed by atoms with E-state index in [0.717, 1.165) is 43.2 Å². The molecule has 0 aliphatic rings. The molecule has 0 amide bonds. The maximum atomic E-state index is 11.4. The molecule has 5 N–H and O–H groups in total. The van der Waals surface area contributed by atoms with Crippen LogP contribution < -0.4 is 10.0 Å². The van der Waals surface area contributed by atoms with Crippen molar-refractivity contribution in [2.24, 2.45) is 0 Å². The average Bonchev–Trinajstić information content (AvgIpc) is 2.70. The van der Waals surface area contributed by atoms with Crippen molar-refractivity contribution >= 4 is 27.4 Å². The molecule has 1 atom stereocenters. The lowest BCUT2D eigenvalue weighted by molar-refractivity contribution is -0.137. The second-order valence-corrected chi connectivity index (χ2v) is 9.26. The highest BCUT2D eigenvalue weighted by atomic mass is 32.2. The number of aryl methyl sites for hydroxylation is 1. The van der Waals surface area contributed by atoms with Gasteiger partial charge in [0, 0.05) is 18.7 Å². The van der Waals surface area contributed by atoms with E-state index in [1.54, 1.807) is 0 Å². The molecular formula is C22H30N2O6S. The lowest BCUT2D eigenvalue weighted by atomic mass is 10.0. The summed E-state index contributed by atoms with van der Waals surface area (Å²) in [6, 6.07) is 12.1. The number of phenols is 1. The van der Waals surface area contributed by atoms with E-state index in [-0.39, 0.29) is 24.4 Å². The standard InChI is InChI=1S/C22H30N2O6S/c1-31(29,30)24-19-14-17(12-13-20(19)25)21(26)15-23-18-10-7-6-9-16(18)8-4-2-3-5-11-22(27)28/h6-7,9-10,12-14,21,23-26H,2-5,8,11,15H2,1H3,(H,27,28). The second kappa shape index (κ2) is 11.6. The summed E-state index contributed by atoms with van der Waals surface area (Å²) in [5, 5.41) is 32.3. The summed E-state index contributed by atoms with van der Waals surface area (Å²) in [5.41, 5.74) is 2.49. The van der Waals surface area contributed by atoms with Crippen molar-refractivity contribution in [3.05, 3.63) is 53.6 Å². The van der Waals surface area contributed by atoms with Crippen LogP contribution in [0.1, 0.15) is 49.3 Å². The molecule has 0 saturated carbocycles. The number of phenolic OH excluding ortho intramolecular Hbond substituents is 1. The molecule has 8 nitrogen and oxygen atoms in total. The van der Waals surface area contributed by atoms with E-state index >= 15 is 0 Å². The fourth-order valence-electron chi connectivity index (χ4n) is 3.22. The maximum Gasteiger partial charge on any atom is 0.303 e. The van der Waals surface area contributed by atoms with Crippen molar-refractivity contribution in [1.29, 1.82) is 0 Å². The number of hydrogen-bond donors (Lipinski definition) is 5. The van der Waals surface area contributed by atoms with Gasteiger partial charge in [-0.05, 0) is 48.6 Å². The predicted octanol–water partition coefficient (Wildman–Crippen LogP) is 3.49. The number of hydrogen-bond acceptors (Lipinski definition) is 6. The topological polar surface area (TPSA) is 136 Å². The van der Waals surface area contributed by atoms with Gasteiger partial charge in [-0.1, -0.05) is 37.1 Å². The van der Waals surface area contributed by atoms with Crippen LogP contribution in [0.15, 0.2) is 42.5 Å². The predicted molar refractivity (Wildman–Crippen MR) is 121 cm³/mol. The van der Waals surface area contributed by atoms with Gasteiger partial charge in [0.2, 0.25) is 10.0 Å². The Kier molecular flexibility index (Phi) is 9.14. The minimum atomic E-state index is -3.56. The Morgan fingerprint density at radius 1 is 1.03 bits per heavy atom.